The van der Waals surface area contributed by atoms with Gasteiger partial charge in [-0.25, -0.2) is 0 Å². The molecule has 0 aliphatic carbocycles. The zero-order valence-electron chi connectivity index (χ0n) is 8.59. The number of ether oxygens (including phenoxy) is 1. The highest BCUT2D eigenvalue weighted by atomic mass is 35.5. The molecule has 0 aliphatic heterocycles. The highest BCUT2D eigenvalue weighted by molar-refractivity contribution is 6.34. The second-order valence-corrected chi connectivity index (χ2v) is 4.02. The average molecular weight is 247 g/mol. The Bertz CT molecular complexity index is 364. The fourth-order valence-electron chi connectivity index (χ4n) is 1.18. The molecule has 1 atom stereocenters. The minimum Gasteiger partial charge on any atom is -0.495 e. The maximum atomic E-state index is 11.7. The molecule has 0 amide bonds. The first-order chi connectivity index (χ1) is 7.10. The molecule has 0 bridgehead atoms. The lowest BCUT2D eigenvalue weighted by molar-refractivity contribution is 0.0985. The summed E-state index contributed by atoms with van der Waals surface area (Å²) < 4.78 is 5.02. The van der Waals surface area contributed by atoms with Crippen LogP contribution in [0, 0.1) is 0 Å². The molecule has 0 radical (unpaired) electrons. The van der Waals surface area contributed by atoms with E-state index in [-0.39, 0.29) is 5.78 Å². The lowest BCUT2D eigenvalue weighted by atomic mass is 10.1. The number of alkyl halides is 1. The van der Waals surface area contributed by atoms with E-state index in [1.54, 1.807) is 18.2 Å². The molecule has 0 spiro atoms. The molecule has 82 valence electrons. The number of benzene rings is 1. The molecule has 1 aromatic rings. The van der Waals surface area contributed by atoms with E-state index in [4.69, 9.17) is 27.9 Å². The molecule has 1 unspecified atom stereocenters. The number of hydrogen-bond donors (Lipinski definition) is 0. The zero-order chi connectivity index (χ0) is 11.4. The van der Waals surface area contributed by atoms with Gasteiger partial charge in [0.15, 0.2) is 5.78 Å². The van der Waals surface area contributed by atoms with E-state index >= 15 is 0 Å². The van der Waals surface area contributed by atoms with E-state index in [1.807, 2.05) is 6.92 Å². The summed E-state index contributed by atoms with van der Waals surface area (Å²) in [6.45, 7) is 1.86. The summed E-state index contributed by atoms with van der Waals surface area (Å²) in [4.78, 5) is 11.7. The molecule has 1 aromatic carbocycles. The van der Waals surface area contributed by atoms with Crippen molar-refractivity contribution in [1.82, 2.24) is 0 Å². The van der Waals surface area contributed by atoms with E-state index < -0.39 is 5.38 Å². The Labute approximate surface area is 99.1 Å². The summed E-state index contributed by atoms with van der Waals surface area (Å²) in [5, 5.41) is -0.00690. The van der Waals surface area contributed by atoms with Crippen molar-refractivity contribution in [2.45, 2.75) is 18.7 Å². The van der Waals surface area contributed by atoms with Gasteiger partial charge in [-0.15, -0.1) is 11.6 Å². The van der Waals surface area contributed by atoms with Gasteiger partial charge in [0.2, 0.25) is 0 Å². The molecule has 0 N–H and O–H groups in total. The van der Waals surface area contributed by atoms with Crippen LogP contribution < -0.4 is 4.74 Å². The maximum Gasteiger partial charge on any atom is 0.180 e. The van der Waals surface area contributed by atoms with Crippen molar-refractivity contribution in [2.24, 2.45) is 0 Å². The summed E-state index contributed by atoms with van der Waals surface area (Å²) in [6, 6.07) is 4.89. The molecule has 0 heterocycles. The van der Waals surface area contributed by atoms with Gasteiger partial charge >= 0.3 is 0 Å². The normalized spacial score (nSPS) is 12.3. The van der Waals surface area contributed by atoms with E-state index in [2.05, 4.69) is 0 Å². The monoisotopic (exact) mass is 246 g/mol. The van der Waals surface area contributed by atoms with Crippen LogP contribution in [-0.4, -0.2) is 18.3 Å². The fourth-order valence-corrected chi connectivity index (χ4v) is 1.50. The molecule has 4 heteroatoms. The fraction of sp³-hybridized carbons (Fsp3) is 0.364. The van der Waals surface area contributed by atoms with Crippen LogP contribution in [0.15, 0.2) is 18.2 Å². The number of rotatable bonds is 4. The predicted octanol–water partition coefficient (Wildman–Crippen LogP) is 3.55. The van der Waals surface area contributed by atoms with Crippen LogP contribution in [0.5, 0.6) is 5.75 Å². The van der Waals surface area contributed by atoms with Gasteiger partial charge in [-0.05, 0) is 24.6 Å². The Morgan fingerprint density at radius 3 is 2.73 bits per heavy atom. The van der Waals surface area contributed by atoms with Crippen LogP contribution >= 0.6 is 23.2 Å². The quantitative estimate of drug-likeness (QED) is 0.600. The number of carbonyl (C=O) groups is 1. The predicted molar refractivity (Wildman–Crippen MR) is 62.3 cm³/mol. The number of hydrogen-bond acceptors (Lipinski definition) is 2. The summed E-state index contributed by atoms with van der Waals surface area (Å²) >= 11 is 11.7. The van der Waals surface area contributed by atoms with Crippen molar-refractivity contribution >= 4 is 29.0 Å². The zero-order valence-corrected chi connectivity index (χ0v) is 10.1. The van der Waals surface area contributed by atoms with Crippen molar-refractivity contribution in [3.05, 3.63) is 28.8 Å². The first kappa shape index (κ1) is 12.3. The number of carbonyl (C=O) groups excluding carboxylic acids is 1. The van der Waals surface area contributed by atoms with Crippen molar-refractivity contribution in [1.29, 1.82) is 0 Å². The smallest absolute Gasteiger partial charge is 0.180 e. The van der Waals surface area contributed by atoms with Crippen molar-refractivity contribution < 1.29 is 9.53 Å². The maximum absolute atomic E-state index is 11.7. The second kappa shape index (κ2) is 5.38. The standard InChI is InChI=1S/C11H12Cl2O2/c1-3-8(12)11(14)7-4-5-9(13)10(6-7)15-2/h4-6,8H,3H2,1-2H3. The Morgan fingerprint density at radius 2 is 2.20 bits per heavy atom. The van der Waals surface area contributed by atoms with Gasteiger partial charge < -0.3 is 4.74 Å². The molecule has 1 rings (SSSR count). The third kappa shape index (κ3) is 2.86. The van der Waals surface area contributed by atoms with Gasteiger partial charge in [0, 0.05) is 5.56 Å². The Morgan fingerprint density at radius 1 is 1.53 bits per heavy atom. The largest absolute Gasteiger partial charge is 0.495 e. The molecule has 0 aromatic heterocycles. The molecule has 0 aliphatic rings. The van der Waals surface area contributed by atoms with Crippen molar-refractivity contribution in [2.75, 3.05) is 7.11 Å². The summed E-state index contributed by atoms with van der Waals surface area (Å²) in [5.74, 6) is 0.386. The van der Waals surface area contributed by atoms with Crippen LogP contribution in [0.1, 0.15) is 23.7 Å². The summed E-state index contributed by atoms with van der Waals surface area (Å²) in [6.07, 6.45) is 0.603. The Kier molecular flexibility index (Phi) is 4.43. The van der Waals surface area contributed by atoms with Gasteiger partial charge in [-0.1, -0.05) is 18.5 Å². The van der Waals surface area contributed by atoms with Crippen LogP contribution in [0.2, 0.25) is 5.02 Å². The highest BCUT2D eigenvalue weighted by Gasteiger charge is 2.16. The van der Waals surface area contributed by atoms with Crippen LogP contribution in [0.25, 0.3) is 0 Å². The summed E-state index contributed by atoms with van der Waals surface area (Å²) in [5.41, 5.74) is 0.526. The molecule has 15 heavy (non-hydrogen) atoms. The molecular weight excluding hydrogens is 235 g/mol. The third-order valence-electron chi connectivity index (χ3n) is 2.08. The first-order valence-electron chi connectivity index (χ1n) is 4.62. The van der Waals surface area contributed by atoms with E-state index in [0.29, 0.717) is 22.8 Å². The lowest BCUT2D eigenvalue weighted by Crippen LogP contribution is -2.13. The van der Waals surface area contributed by atoms with E-state index in [0.717, 1.165) is 0 Å². The molecule has 0 saturated heterocycles. The van der Waals surface area contributed by atoms with Crippen molar-refractivity contribution in [3.63, 3.8) is 0 Å². The molecule has 2 nitrogen and oxygen atoms in total. The minimum atomic E-state index is -0.490. The molecule has 0 saturated carbocycles. The second-order valence-electron chi connectivity index (χ2n) is 3.09. The average Bonchev–Trinajstić information content (AvgIpc) is 2.27. The van der Waals surface area contributed by atoms with Crippen LogP contribution in [0.3, 0.4) is 0 Å². The number of halogens is 2. The topological polar surface area (TPSA) is 26.3 Å². The van der Waals surface area contributed by atoms with Gasteiger partial charge in [0.05, 0.1) is 17.5 Å². The highest BCUT2D eigenvalue weighted by Crippen LogP contribution is 2.26. The van der Waals surface area contributed by atoms with Crippen LogP contribution in [0.4, 0.5) is 0 Å². The lowest BCUT2D eigenvalue weighted by Gasteiger charge is -2.08. The van der Waals surface area contributed by atoms with E-state index in [1.165, 1.54) is 7.11 Å². The Hall–Kier alpha value is -0.730. The molecular formula is C11H12Cl2O2. The van der Waals surface area contributed by atoms with Gasteiger partial charge in [-0.2, -0.15) is 0 Å². The SMILES string of the molecule is CCC(Cl)C(=O)c1ccc(Cl)c(OC)c1. The number of Topliss-reactive ketones (excluding diaryl/α,β-unsaturated/α-hetero) is 1. The third-order valence-corrected chi connectivity index (χ3v) is 2.90. The van der Waals surface area contributed by atoms with Gasteiger partial charge in [0.1, 0.15) is 5.75 Å². The van der Waals surface area contributed by atoms with Gasteiger partial charge in [0.25, 0.3) is 0 Å². The first-order valence-corrected chi connectivity index (χ1v) is 5.43. The number of ketones is 1. The number of methoxy groups -OCH3 is 1. The van der Waals surface area contributed by atoms with Crippen molar-refractivity contribution in [3.8, 4) is 5.75 Å². The minimum absolute atomic E-state index is 0.103. The van der Waals surface area contributed by atoms with Crippen LogP contribution in [-0.2, 0) is 0 Å². The Balaban J connectivity index is 3.01. The molecule has 0 fully saturated rings. The van der Waals surface area contributed by atoms with E-state index in [9.17, 15) is 4.79 Å². The summed E-state index contributed by atoms with van der Waals surface area (Å²) in [7, 11) is 1.51. The van der Waals surface area contributed by atoms with Gasteiger partial charge in [-0.3, -0.25) is 4.79 Å².